The van der Waals surface area contributed by atoms with Crippen LogP contribution in [0.25, 0.3) is 21.8 Å². The van der Waals surface area contributed by atoms with E-state index in [2.05, 4.69) is 63.1 Å². The molecule has 500 valence electrons. The van der Waals surface area contributed by atoms with Gasteiger partial charge in [-0.15, -0.1) is 0 Å². The number of nitrogens with one attached hydrogen (secondary N) is 12. The summed E-state index contributed by atoms with van der Waals surface area (Å²) >= 11 is 0. The molecule has 0 fully saturated rings. The Morgan fingerprint density at radius 2 is 0.857 bits per heavy atom. The fraction of sp³-hybridized carbons (Fsp3) is 0.533. The molecule has 0 aliphatic carbocycles. The smallest absolute Gasteiger partial charge is 0.308 e. The van der Waals surface area contributed by atoms with Crippen molar-refractivity contribution in [3.8, 4) is 0 Å². The van der Waals surface area contributed by atoms with Gasteiger partial charge in [-0.3, -0.25) is 57.5 Å². The number of aromatic nitrogens is 2. The summed E-state index contributed by atoms with van der Waals surface area (Å²) in [5.74, 6) is -9.61. The highest BCUT2D eigenvalue weighted by atomic mass is 16.6. The third kappa shape index (κ3) is 30.4. The number of esters is 1. The van der Waals surface area contributed by atoms with E-state index in [1.54, 1.807) is 42.7 Å². The van der Waals surface area contributed by atoms with Gasteiger partial charge in [0.25, 0.3) is 0 Å². The van der Waals surface area contributed by atoms with Gasteiger partial charge in [-0.05, 0) is 36.1 Å². The SMILES string of the molecule is CCCCOC[C@H](NC(=O)CNC(C)=O)C(=O)NCC(=O)N[C@@H](Cc1c[nH]c2ccccc12)C(=O)NCC(=O)N[C@@H](CC(=O)OCCCC)C(=O)NCC(=O)N[C@@H](Cc1c[nH]c2ccccc12)C(=O)NCC(=O)NCCOCCOCCOCCOCCC(=O)O. The number of aliphatic carboxylic acids is 1. The van der Waals surface area contributed by atoms with Crippen molar-refractivity contribution in [3.05, 3.63) is 72.1 Å². The monoisotopic (exact) mass is 1280 g/mol. The predicted octanol–water partition coefficient (Wildman–Crippen LogP) is -1.82. The number of amides is 10. The number of H-pyrrole nitrogens is 2. The second-order valence-electron chi connectivity index (χ2n) is 20.5. The molecule has 13 N–H and O–H groups in total. The highest BCUT2D eigenvalue weighted by Gasteiger charge is 2.30. The summed E-state index contributed by atoms with van der Waals surface area (Å²) in [5, 5.41) is 34.9. The molecular formula is C60H86N12O19. The molecule has 91 heavy (non-hydrogen) atoms. The summed E-state index contributed by atoms with van der Waals surface area (Å²) in [4.78, 5) is 162. The lowest BCUT2D eigenvalue weighted by atomic mass is 10.0. The Balaban J connectivity index is 1.35. The Hall–Kier alpha value is -9.04. The Kier molecular flexibility index (Phi) is 35.0. The van der Waals surface area contributed by atoms with Gasteiger partial charge < -0.3 is 96.7 Å². The van der Waals surface area contributed by atoms with Crippen molar-refractivity contribution >= 4 is 92.8 Å². The predicted molar refractivity (Wildman–Crippen MR) is 327 cm³/mol. The number of ether oxygens (including phenoxy) is 6. The summed E-state index contributed by atoms with van der Waals surface area (Å²) in [6.07, 6.45) is 4.99. The van der Waals surface area contributed by atoms with E-state index in [0.717, 1.165) is 28.2 Å². The first-order valence-electron chi connectivity index (χ1n) is 30.0. The number of hydrogen-bond acceptors (Lipinski definition) is 18. The zero-order valence-electron chi connectivity index (χ0n) is 51.6. The topological polar surface area (TPSA) is 432 Å². The molecule has 4 rings (SSSR count). The van der Waals surface area contributed by atoms with Crippen LogP contribution in [-0.2, 0) is 98.8 Å². The quantitative estimate of drug-likeness (QED) is 0.0171. The normalized spacial score (nSPS) is 12.3. The minimum Gasteiger partial charge on any atom is -0.481 e. The molecule has 31 heteroatoms. The van der Waals surface area contributed by atoms with Gasteiger partial charge in [0.1, 0.15) is 24.2 Å². The summed E-state index contributed by atoms with van der Waals surface area (Å²) < 4.78 is 32.2. The van der Waals surface area contributed by atoms with Crippen molar-refractivity contribution in [1.29, 1.82) is 0 Å². The average molecular weight is 1280 g/mol. The standard InChI is InChI=1S/C60H86N12O19/c1-4-6-18-90-38-49(72-51(75)34-62-39(3)73)60(85)68-37-53(77)70-47(29-41-32-64-45-15-11-9-13-43(41)45)58(83)66-36-54(78)71-48(30-56(81)91-19-7-5-2)59(84)67-35-52(76)69-46(28-40-31-63-44-14-10-8-12-42(40)44)57(82)65-33-50(74)61-17-21-87-23-25-89-27-26-88-24-22-86-20-16-55(79)80/h8-15,31-32,46-49,63-64H,4-7,16-30,33-38H2,1-3H3,(H,61,74)(H,62,73)(H,65,82)(H,66,83)(H,67,84)(H,68,85)(H,69,76)(H,70,77)(H,71,78)(H,72,75)(H,79,80)/t46-,47-,48-,49-/m0/s1. The molecule has 10 amide bonds. The summed E-state index contributed by atoms with van der Waals surface area (Å²) in [7, 11) is 0. The van der Waals surface area contributed by atoms with E-state index in [0.29, 0.717) is 43.6 Å². The first kappa shape index (κ1) is 74.4. The van der Waals surface area contributed by atoms with Crippen LogP contribution in [0, 0.1) is 0 Å². The molecule has 2 aromatic carbocycles. The fourth-order valence-corrected chi connectivity index (χ4v) is 8.45. The van der Waals surface area contributed by atoms with E-state index in [1.165, 1.54) is 6.92 Å². The lowest BCUT2D eigenvalue weighted by Crippen LogP contribution is -2.56. The van der Waals surface area contributed by atoms with E-state index in [9.17, 15) is 57.5 Å². The molecular weight excluding hydrogens is 1190 g/mol. The molecule has 2 heterocycles. The minimum atomic E-state index is -1.65. The van der Waals surface area contributed by atoms with Crippen molar-refractivity contribution in [2.75, 3.05) is 112 Å². The van der Waals surface area contributed by atoms with Crippen LogP contribution in [0.1, 0.15) is 70.4 Å². The number of carboxylic acid groups (broad SMARTS) is 1. The molecule has 0 bridgehead atoms. The van der Waals surface area contributed by atoms with Crippen molar-refractivity contribution < 1.29 is 91.1 Å². The number of unbranched alkanes of at least 4 members (excludes halogenated alkanes) is 2. The third-order valence-electron chi connectivity index (χ3n) is 13.2. The molecule has 31 nitrogen and oxygen atoms in total. The van der Waals surface area contributed by atoms with E-state index in [4.69, 9.17) is 33.5 Å². The summed E-state index contributed by atoms with van der Waals surface area (Å²) in [6, 6.07) is 8.84. The van der Waals surface area contributed by atoms with Crippen LogP contribution in [0.2, 0.25) is 0 Å². The van der Waals surface area contributed by atoms with Gasteiger partial charge in [0, 0.05) is 67.1 Å². The van der Waals surface area contributed by atoms with Crippen LogP contribution in [0.3, 0.4) is 0 Å². The van der Waals surface area contributed by atoms with Crippen molar-refractivity contribution in [3.63, 3.8) is 0 Å². The molecule has 2 aromatic heterocycles. The second kappa shape index (κ2) is 42.8. The van der Waals surface area contributed by atoms with E-state index in [-0.39, 0.29) is 85.3 Å². The largest absolute Gasteiger partial charge is 0.481 e. The van der Waals surface area contributed by atoms with Gasteiger partial charge in [-0.1, -0.05) is 63.1 Å². The van der Waals surface area contributed by atoms with Crippen LogP contribution in [-0.4, -0.2) is 222 Å². The second-order valence-corrected chi connectivity index (χ2v) is 20.5. The zero-order valence-corrected chi connectivity index (χ0v) is 51.6. The van der Waals surface area contributed by atoms with Crippen LogP contribution in [0.4, 0.5) is 0 Å². The van der Waals surface area contributed by atoms with E-state index in [1.807, 2.05) is 32.0 Å². The number of carbonyl (C=O) groups is 12. The Morgan fingerprint density at radius 3 is 1.34 bits per heavy atom. The van der Waals surface area contributed by atoms with Crippen LogP contribution >= 0.6 is 0 Å². The molecule has 0 aliphatic heterocycles. The molecule has 0 aliphatic rings. The van der Waals surface area contributed by atoms with Crippen molar-refractivity contribution in [1.82, 2.24) is 63.1 Å². The Bertz CT molecular complexity index is 3010. The molecule has 0 unspecified atom stereocenters. The number of para-hydroxylation sites is 2. The van der Waals surface area contributed by atoms with Gasteiger partial charge in [0.2, 0.25) is 59.1 Å². The maximum Gasteiger partial charge on any atom is 0.308 e. The third-order valence-corrected chi connectivity index (χ3v) is 13.2. The van der Waals surface area contributed by atoms with Crippen LogP contribution in [0.15, 0.2) is 60.9 Å². The average Bonchev–Trinajstić information content (AvgIpc) is 1.90. The van der Waals surface area contributed by atoms with E-state index < -0.39 is 134 Å². The van der Waals surface area contributed by atoms with E-state index >= 15 is 0 Å². The summed E-state index contributed by atoms with van der Waals surface area (Å²) in [6.45, 7) is 3.92. The van der Waals surface area contributed by atoms with Gasteiger partial charge in [-0.2, -0.15) is 0 Å². The number of aromatic amines is 2. The maximum atomic E-state index is 14.0. The Labute approximate surface area is 525 Å². The molecule has 4 atom stereocenters. The highest BCUT2D eigenvalue weighted by Crippen LogP contribution is 2.21. The van der Waals surface area contributed by atoms with Gasteiger partial charge in [0.15, 0.2) is 0 Å². The van der Waals surface area contributed by atoms with Gasteiger partial charge in [-0.25, -0.2) is 0 Å². The van der Waals surface area contributed by atoms with Gasteiger partial charge >= 0.3 is 11.9 Å². The zero-order chi connectivity index (χ0) is 66.2. The number of carboxylic acids is 1. The van der Waals surface area contributed by atoms with Crippen molar-refractivity contribution in [2.24, 2.45) is 0 Å². The first-order valence-corrected chi connectivity index (χ1v) is 30.0. The highest BCUT2D eigenvalue weighted by molar-refractivity contribution is 5.98. The lowest BCUT2D eigenvalue weighted by Gasteiger charge is -2.21. The van der Waals surface area contributed by atoms with Crippen molar-refractivity contribution in [2.45, 2.75) is 96.3 Å². The molecule has 4 aromatic rings. The maximum absolute atomic E-state index is 14.0. The number of hydrogen-bond donors (Lipinski definition) is 13. The number of benzene rings is 2. The molecule has 0 saturated heterocycles. The number of carbonyl (C=O) groups excluding carboxylic acids is 11. The van der Waals surface area contributed by atoms with Crippen LogP contribution < -0.4 is 53.2 Å². The summed E-state index contributed by atoms with van der Waals surface area (Å²) in [5.41, 5.74) is 2.72. The first-order chi connectivity index (χ1) is 43.9. The lowest BCUT2D eigenvalue weighted by molar-refractivity contribution is -0.146. The Morgan fingerprint density at radius 1 is 0.451 bits per heavy atom. The number of rotatable bonds is 47. The molecule has 0 saturated carbocycles. The fourth-order valence-electron chi connectivity index (χ4n) is 8.45. The molecule has 0 spiro atoms. The van der Waals surface area contributed by atoms with Gasteiger partial charge in [0.05, 0.1) is 112 Å². The van der Waals surface area contributed by atoms with Crippen LogP contribution in [0.5, 0.6) is 0 Å². The minimum absolute atomic E-state index is 0.0117. The number of fused-ring (bicyclic) bond motifs is 2. The molecule has 0 radical (unpaired) electrons.